The highest BCUT2D eigenvalue weighted by Gasteiger charge is 2.41. The molecule has 22 heavy (non-hydrogen) atoms. The average Bonchev–Trinajstić information content (AvgIpc) is 3.02. The summed E-state index contributed by atoms with van der Waals surface area (Å²) in [6.07, 6.45) is 1.36. The number of ether oxygens (including phenoxy) is 2. The van der Waals surface area contributed by atoms with E-state index in [-0.39, 0.29) is 11.7 Å². The Labute approximate surface area is 131 Å². The molecule has 1 aromatic heterocycles. The van der Waals surface area contributed by atoms with Crippen LogP contribution in [0.5, 0.6) is 0 Å². The summed E-state index contributed by atoms with van der Waals surface area (Å²) in [6.45, 7) is 11.1. The highest BCUT2D eigenvalue weighted by molar-refractivity contribution is 5.68. The molecule has 1 atom stereocenters. The minimum absolute atomic E-state index is 0.276. The molecule has 2 heterocycles. The maximum Gasteiger partial charge on any atom is 0.410 e. The summed E-state index contributed by atoms with van der Waals surface area (Å²) in [6, 6.07) is 1.87. The number of aryl methyl sites for hydroxylation is 1. The summed E-state index contributed by atoms with van der Waals surface area (Å²) >= 11 is 0. The fourth-order valence-corrected chi connectivity index (χ4v) is 2.54. The van der Waals surface area contributed by atoms with Crippen LogP contribution in [0.2, 0.25) is 0 Å². The Hall–Kier alpha value is -1.56. The van der Waals surface area contributed by atoms with Gasteiger partial charge in [-0.25, -0.2) is 4.79 Å². The van der Waals surface area contributed by atoms with E-state index in [2.05, 4.69) is 12.1 Å². The molecule has 1 aliphatic heterocycles. The Morgan fingerprint density at radius 3 is 2.77 bits per heavy atom. The van der Waals surface area contributed by atoms with E-state index in [9.17, 15) is 4.79 Å². The van der Waals surface area contributed by atoms with Crippen molar-refractivity contribution in [1.29, 1.82) is 0 Å². The molecule has 1 fully saturated rings. The van der Waals surface area contributed by atoms with Crippen LogP contribution in [0.3, 0.4) is 0 Å². The van der Waals surface area contributed by atoms with E-state index in [0.29, 0.717) is 25.5 Å². The predicted molar refractivity (Wildman–Crippen MR) is 81.5 cm³/mol. The third-order valence-electron chi connectivity index (χ3n) is 3.81. The van der Waals surface area contributed by atoms with Crippen molar-refractivity contribution in [3.63, 3.8) is 0 Å². The Morgan fingerprint density at radius 1 is 1.50 bits per heavy atom. The third kappa shape index (κ3) is 4.22. The molecule has 0 saturated carbocycles. The van der Waals surface area contributed by atoms with Gasteiger partial charge in [0.1, 0.15) is 12.2 Å². The molecular weight excluding hydrogens is 284 g/mol. The second-order valence-electron chi connectivity index (χ2n) is 6.91. The predicted octanol–water partition coefficient (Wildman–Crippen LogP) is 3.29. The van der Waals surface area contributed by atoms with Crippen molar-refractivity contribution in [3.05, 3.63) is 17.5 Å². The van der Waals surface area contributed by atoms with Gasteiger partial charge in [-0.15, -0.1) is 0 Å². The van der Waals surface area contributed by atoms with Gasteiger partial charge in [0.05, 0.1) is 17.8 Å². The van der Waals surface area contributed by atoms with Gasteiger partial charge in [0.15, 0.2) is 5.76 Å². The monoisotopic (exact) mass is 310 g/mol. The lowest BCUT2D eigenvalue weighted by Gasteiger charge is -2.29. The van der Waals surface area contributed by atoms with E-state index in [1.807, 2.05) is 33.8 Å². The van der Waals surface area contributed by atoms with Gasteiger partial charge in [-0.3, -0.25) is 0 Å². The molecular formula is C16H26N2O4. The Morgan fingerprint density at radius 2 is 2.23 bits per heavy atom. The van der Waals surface area contributed by atoms with Crippen molar-refractivity contribution in [1.82, 2.24) is 10.1 Å². The lowest BCUT2D eigenvalue weighted by atomic mass is 10.00. The first-order valence-corrected chi connectivity index (χ1v) is 7.77. The fraction of sp³-hybridized carbons (Fsp3) is 0.750. The minimum Gasteiger partial charge on any atom is -0.444 e. The van der Waals surface area contributed by atoms with Crippen LogP contribution in [-0.2, 0) is 16.1 Å². The number of hydrogen-bond acceptors (Lipinski definition) is 5. The molecule has 0 bridgehead atoms. The normalized spacial score (nSPS) is 22.1. The number of carbonyl (C=O) groups excluding carboxylic acids is 1. The number of likely N-dealkylation sites (tertiary alicyclic amines) is 1. The van der Waals surface area contributed by atoms with E-state index in [1.165, 1.54) is 0 Å². The van der Waals surface area contributed by atoms with Crippen LogP contribution >= 0.6 is 0 Å². The molecule has 1 aliphatic rings. The van der Waals surface area contributed by atoms with E-state index in [1.54, 1.807) is 4.90 Å². The Balaban J connectivity index is 1.93. The van der Waals surface area contributed by atoms with Crippen molar-refractivity contribution in [2.45, 2.75) is 65.3 Å². The van der Waals surface area contributed by atoms with Gasteiger partial charge in [0, 0.05) is 12.6 Å². The van der Waals surface area contributed by atoms with Gasteiger partial charge in [0.2, 0.25) is 0 Å². The van der Waals surface area contributed by atoms with E-state index in [4.69, 9.17) is 14.0 Å². The first kappa shape index (κ1) is 16.8. The first-order valence-electron chi connectivity index (χ1n) is 7.77. The summed E-state index contributed by atoms with van der Waals surface area (Å²) in [5.41, 5.74) is 0.0237. The van der Waals surface area contributed by atoms with Gasteiger partial charge in [-0.05, 0) is 40.5 Å². The van der Waals surface area contributed by atoms with Crippen LogP contribution < -0.4 is 0 Å². The molecule has 0 aliphatic carbocycles. The summed E-state index contributed by atoms with van der Waals surface area (Å²) in [4.78, 5) is 13.9. The summed E-state index contributed by atoms with van der Waals surface area (Å²) < 4.78 is 16.7. The molecule has 1 amide bonds. The molecule has 2 rings (SSSR count). The van der Waals surface area contributed by atoms with Crippen molar-refractivity contribution in [2.75, 3.05) is 13.1 Å². The second-order valence-corrected chi connectivity index (χ2v) is 6.91. The number of nitrogens with zero attached hydrogens (tertiary/aromatic N) is 2. The smallest absolute Gasteiger partial charge is 0.410 e. The molecule has 1 saturated heterocycles. The molecule has 124 valence electrons. The molecule has 6 heteroatoms. The summed E-state index contributed by atoms with van der Waals surface area (Å²) in [7, 11) is 0. The Kier molecular flexibility index (Phi) is 4.80. The quantitative estimate of drug-likeness (QED) is 0.854. The van der Waals surface area contributed by atoms with Gasteiger partial charge in [-0.2, -0.15) is 0 Å². The van der Waals surface area contributed by atoms with E-state index in [0.717, 1.165) is 18.5 Å². The van der Waals surface area contributed by atoms with Crippen LogP contribution in [0.4, 0.5) is 4.79 Å². The van der Waals surface area contributed by atoms with Gasteiger partial charge in [0.25, 0.3) is 0 Å². The fourth-order valence-electron chi connectivity index (χ4n) is 2.54. The van der Waals surface area contributed by atoms with Gasteiger partial charge < -0.3 is 18.9 Å². The standard InChI is InChI=1S/C16H26N2O4/c1-6-16(20-10-13-9-12(2)17-22-13)7-8-18(11-16)14(19)21-15(3,4)5/h9H,6-8,10-11H2,1-5H3. The van der Waals surface area contributed by atoms with Crippen molar-refractivity contribution >= 4 is 6.09 Å². The zero-order valence-corrected chi connectivity index (χ0v) is 14.1. The molecule has 0 N–H and O–H groups in total. The van der Waals surface area contributed by atoms with Crippen molar-refractivity contribution in [2.24, 2.45) is 0 Å². The zero-order valence-electron chi connectivity index (χ0n) is 14.1. The number of hydrogen-bond donors (Lipinski definition) is 0. The minimum atomic E-state index is -0.479. The number of carbonyl (C=O) groups is 1. The topological polar surface area (TPSA) is 64.8 Å². The van der Waals surface area contributed by atoms with Crippen LogP contribution in [0.15, 0.2) is 10.6 Å². The molecule has 1 aromatic rings. The van der Waals surface area contributed by atoms with Gasteiger partial charge >= 0.3 is 6.09 Å². The molecule has 0 spiro atoms. The highest BCUT2D eigenvalue weighted by atomic mass is 16.6. The van der Waals surface area contributed by atoms with Gasteiger partial charge in [-0.1, -0.05) is 12.1 Å². The van der Waals surface area contributed by atoms with E-state index < -0.39 is 5.60 Å². The summed E-state index contributed by atoms with van der Waals surface area (Å²) in [5, 5.41) is 3.85. The molecule has 0 radical (unpaired) electrons. The molecule has 6 nitrogen and oxygen atoms in total. The average molecular weight is 310 g/mol. The first-order chi connectivity index (χ1) is 10.2. The summed E-state index contributed by atoms with van der Waals surface area (Å²) in [5.74, 6) is 0.709. The van der Waals surface area contributed by atoms with Crippen LogP contribution in [0.25, 0.3) is 0 Å². The lowest BCUT2D eigenvalue weighted by Crippen LogP contribution is -2.40. The van der Waals surface area contributed by atoms with Crippen molar-refractivity contribution < 1.29 is 18.8 Å². The highest BCUT2D eigenvalue weighted by Crippen LogP contribution is 2.31. The van der Waals surface area contributed by atoms with Crippen molar-refractivity contribution in [3.8, 4) is 0 Å². The largest absolute Gasteiger partial charge is 0.444 e. The SMILES string of the molecule is CCC1(OCc2cc(C)no2)CCN(C(=O)OC(C)(C)C)C1. The second kappa shape index (κ2) is 6.28. The van der Waals surface area contributed by atoms with Crippen LogP contribution in [0.1, 0.15) is 52.0 Å². The van der Waals surface area contributed by atoms with Crippen LogP contribution in [-0.4, -0.2) is 40.4 Å². The molecule has 1 unspecified atom stereocenters. The third-order valence-corrected chi connectivity index (χ3v) is 3.81. The maximum atomic E-state index is 12.2. The lowest BCUT2D eigenvalue weighted by molar-refractivity contribution is -0.0595. The zero-order chi connectivity index (χ0) is 16.4. The van der Waals surface area contributed by atoms with E-state index >= 15 is 0 Å². The number of rotatable bonds is 4. The van der Waals surface area contributed by atoms with Crippen LogP contribution in [0, 0.1) is 6.92 Å². The number of aromatic nitrogens is 1. The number of amides is 1. The molecule has 0 aromatic carbocycles. The maximum absolute atomic E-state index is 12.2. The Bertz CT molecular complexity index is 520.